The molecule has 0 aliphatic heterocycles. The van der Waals surface area contributed by atoms with Crippen molar-refractivity contribution in [3.05, 3.63) is 148 Å². The zero-order chi connectivity index (χ0) is 22.2. The molecule has 0 aliphatic rings. The summed E-state index contributed by atoms with van der Waals surface area (Å²) in [6.07, 6.45) is 0. The van der Waals surface area contributed by atoms with E-state index in [0.717, 1.165) is 0 Å². The molecule has 0 nitrogen and oxygen atoms in total. The second kappa shape index (κ2) is 17.3. The monoisotopic (exact) mass is 602 g/mol. The van der Waals surface area contributed by atoms with Crippen LogP contribution in [-0.4, -0.2) is 6.88 Å². The molecule has 2 radical (unpaired) electrons. The predicted molar refractivity (Wildman–Crippen MR) is 163 cm³/mol. The van der Waals surface area contributed by atoms with Crippen molar-refractivity contribution in [2.75, 3.05) is 0 Å². The van der Waals surface area contributed by atoms with Crippen LogP contribution < -0.4 is 0 Å². The number of hydrogen-bond acceptors (Lipinski definition) is 0. The summed E-state index contributed by atoms with van der Waals surface area (Å²) in [5, 5.41) is 5.26. The molecule has 36 heavy (non-hydrogen) atoms. The van der Waals surface area contributed by atoms with E-state index < -0.39 is 0 Å². The van der Waals surface area contributed by atoms with Gasteiger partial charge < -0.3 is 14.9 Å². The van der Waals surface area contributed by atoms with Crippen LogP contribution in [0.1, 0.15) is 0 Å². The SMILES string of the molecule is Cl.Cl.[CH3-].[CH3-].[Si]=[Zr].c1ccc(-c2cc3ccccc3[cH-]2)cc1.c1ccc(-c2cc3ccccc3[cH-]2)cc1. The van der Waals surface area contributed by atoms with Crippen molar-refractivity contribution >= 4 is 53.2 Å². The first-order chi connectivity index (χ1) is 15.9. The molecule has 0 atom stereocenters. The zero-order valence-electron chi connectivity index (χ0n) is 20.5. The Morgan fingerprint density at radius 1 is 0.444 bits per heavy atom. The maximum absolute atomic E-state index is 3.06. The summed E-state index contributed by atoms with van der Waals surface area (Å²) >= 11 is 1.36. The summed E-state index contributed by atoms with van der Waals surface area (Å²) in [6, 6.07) is 46.9. The third-order valence-corrected chi connectivity index (χ3v) is 5.45. The third-order valence-electron chi connectivity index (χ3n) is 5.45. The van der Waals surface area contributed by atoms with Crippen molar-refractivity contribution < 1.29 is 23.3 Å². The molecule has 0 heterocycles. The van der Waals surface area contributed by atoms with Crippen molar-refractivity contribution in [3.63, 3.8) is 0 Å². The summed E-state index contributed by atoms with van der Waals surface area (Å²) in [5.74, 6) is 0. The topological polar surface area (TPSA) is 0 Å². The first-order valence-corrected chi connectivity index (χ1v) is 14.7. The number of rotatable bonds is 2. The van der Waals surface area contributed by atoms with Crippen LogP contribution in [0.25, 0.3) is 43.8 Å². The Labute approximate surface area is 245 Å². The largest absolute Gasteiger partial charge is 0.145 e. The van der Waals surface area contributed by atoms with Gasteiger partial charge in [0.15, 0.2) is 0 Å². The molecule has 6 rings (SSSR count). The smallest absolute Gasteiger partial charge is 0.0635 e. The number of fused-ring (bicyclic) bond motifs is 2. The minimum absolute atomic E-state index is 0. The average molecular weight is 605 g/mol. The Bertz CT molecular complexity index is 1230. The van der Waals surface area contributed by atoms with E-state index in [1.165, 1.54) is 67.1 Å². The molecule has 0 aromatic heterocycles. The van der Waals surface area contributed by atoms with Crippen LogP contribution >= 0.6 is 24.8 Å². The first-order valence-electron chi connectivity index (χ1n) is 10.5. The second-order valence-electron chi connectivity index (χ2n) is 7.48. The predicted octanol–water partition coefficient (Wildman–Crippen LogP) is 9.81. The van der Waals surface area contributed by atoms with Crippen LogP contribution in [0.3, 0.4) is 0 Å². The van der Waals surface area contributed by atoms with Crippen LogP contribution in [0.4, 0.5) is 0 Å². The maximum atomic E-state index is 3.06. The van der Waals surface area contributed by atoms with Crippen molar-refractivity contribution in [1.29, 1.82) is 0 Å². The number of halogens is 2. The van der Waals surface area contributed by atoms with E-state index >= 15 is 0 Å². The quantitative estimate of drug-likeness (QED) is 0.136. The van der Waals surface area contributed by atoms with Gasteiger partial charge in [0.25, 0.3) is 0 Å². The molecule has 4 heteroatoms. The molecule has 0 unspecified atom stereocenters. The number of hydrogen-bond donors (Lipinski definition) is 0. The molecule has 0 saturated heterocycles. The normalized spacial score (nSPS) is 8.97. The van der Waals surface area contributed by atoms with Gasteiger partial charge in [0.2, 0.25) is 0 Å². The fourth-order valence-electron chi connectivity index (χ4n) is 3.90. The van der Waals surface area contributed by atoms with Crippen molar-refractivity contribution in [1.82, 2.24) is 0 Å². The Morgan fingerprint density at radius 2 is 0.750 bits per heavy atom. The van der Waals surface area contributed by atoms with Gasteiger partial charge >= 0.3 is 30.2 Å². The third kappa shape index (κ3) is 8.43. The minimum atomic E-state index is 0. The summed E-state index contributed by atoms with van der Waals surface area (Å²) in [7, 11) is 0. The Kier molecular flexibility index (Phi) is 16.2. The van der Waals surface area contributed by atoms with E-state index in [-0.39, 0.29) is 39.7 Å². The molecule has 0 bridgehead atoms. The van der Waals surface area contributed by atoms with E-state index in [1.807, 2.05) is 12.1 Å². The van der Waals surface area contributed by atoms with Crippen LogP contribution in [0, 0.1) is 14.9 Å². The number of benzene rings is 4. The van der Waals surface area contributed by atoms with Gasteiger partial charge in [-0.1, -0.05) is 108 Å². The van der Waals surface area contributed by atoms with Crippen molar-refractivity contribution in [2.45, 2.75) is 0 Å². The Hall–Kier alpha value is -2.22. The van der Waals surface area contributed by atoms with E-state index in [4.69, 9.17) is 0 Å². The molecular formula is C32H30Cl2SiZr-4. The molecule has 0 N–H and O–H groups in total. The van der Waals surface area contributed by atoms with Crippen LogP contribution in [-0.2, 0) is 23.3 Å². The van der Waals surface area contributed by atoms with E-state index in [9.17, 15) is 0 Å². The van der Waals surface area contributed by atoms with Crippen LogP contribution in [0.5, 0.6) is 0 Å². The van der Waals surface area contributed by atoms with E-state index in [0.29, 0.717) is 0 Å². The van der Waals surface area contributed by atoms with Gasteiger partial charge in [0.1, 0.15) is 0 Å². The summed E-state index contributed by atoms with van der Waals surface area (Å²) < 4.78 is 0. The molecule has 0 aliphatic carbocycles. The first kappa shape index (κ1) is 33.8. The van der Waals surface area contributed by atoms with Gasteiger partial charge in [-0.2, -0.15) is 0 Å². The average Bonchev–Trinajstić information content (AvgIpc) is 3.51. The van der Waals surface area contributed by atoms with Gasteiger partial charge in [-0.05, 0) is 0 Å². The van der Waals surface area contributed by atoms with Gasteiger partial charge in [-0.3, -0.25) is 0 Å². The summed E-state index contributed by atoms with van der Waals surface area (Å²) in [5.41, 5.74) is 5.18. The van der Waals surface area contributed by atoms with Gasteiger partial charge in [0, 0.05) is 0 Å². The van der Waals surface area contributed by atoms with E-state index in [1.54, 1.807) is 0 Å². The standard InChI is InChI=1S/2C15H11.2CH3.2ClH.Si.Zr/c2*1-2-6-12(7-3-1)15-10-13-8-4-5-9-14(13)11-15;;;;;;/h2*1-11H;2*1H3;2*1H;;/q4*-1;;;;. The molecule has 0 saturated carbocycles. The molecule has 6 aromatic carbocycles. The Balaban J connectivity index is 0.000000577. The molecule has 184 valence electrons. The van der Waals surface area contributed by atoms with Crippen molar-refractivity contribution in [3.8, 4) is 22.3 Å². The van der Waals surface area contributed by atoms with Gasteiger partial charge in [0.05, 0.1) is 0 Å². The molecular weight excluding hydrogens is 575 g/mol. The molecule has 6 aromatic rings. The molecule has 0 fully saturated rings. The van der Waals surface area contributed by atoms with Crippen LogP contribution in [0.2, 0.25) is 0 Å². The van der Waals surface area contributed by atoms with Crippen LogP contribution in [0.15, 0.2) is 133 Å². The molecule has 0 amide bonds. The summed E-state index contributed by atoms with van der Waals surface area (Å²) in [4.78, 5) is 0. The Morgan fingerprint density at radius 3 is 1.08 bits per heavy atom. The van der Waals surface area contributed by atoms with Gasteiger partial charge in [-0.15, -0.1) is 93.9 Å². The van der Waals surface area contributed by atoms with Crippen molar-refractivity contribution in [2.24, 2.45) is 0 Å². The zero-order valence-corrected chi connectivity index (χ0v) is 25.6. The van der Waals surface area contributed by atoms with Gasteiger partial charge in [-0.25, -0.2) is 0 Å². The summed E-state index contributed by atoms with van der Waals surface area (Å²) in [6.45, 7) is 3.06. The molecule has 0 spiro atoms. The van der Waals surface area contributed by atoms with E-state index in [2.05, 4.69) is 128 Å². The second-order valence-corrected chi connectivity index (χ2v) is 7.48. The minimum Gasteiger partial charge on any atom is -0.145 e. The maximum Gasteiger partial charge on any atom is -0.0635 e. The fraction of sp³-hybridized carbons (Fsp3) is 0. The fourth-order valence-corrected chi connectivity index (χ4v) is 3.90.